The predicted octanol–water partition coefficient (Wildman–Crippen LogP) is 2.18. The zero-order chi connectivity index (χ0) is 10.3. The maximum atomic E-state index is 12.6. The number of carbonyl (C=O) groups excluding carboxylic acids is 1. The zero-order valence-electron chi connectivity index (χ0n) is 7.60. The van der Waals surface area contributed by atoms with Gasteiger partial charge in [0.15, 0.2) is 0 Å². The number of nitrogens with one attached hydrogen (secondary N) is 1. The van der Waals surface area contributed by atoms with Crippen molar-refractivity contribution in [3.05, 3.63) is 34.4 Å². The van der Waals surface area contributed by atoms with Gasteiger partial charge in [-0.3, -0.25) is 4.79 Å². The van der Waals surface area contributed by atoms with Crippen LogP contribution >= 0.6 is 0 Å². The molecule has 1 N–H and O–H groups in total. The monoisotopic (exact) mass is 197 g/mol. The van der Waals surface area contributed by atoms with E-state index in [0.717, 1.165) is 0 Å². The molecule has 0 atom stereocenters. The summed E-state index contributed by atoms with van der Waals surface area (Å²) in [6.07, 6.45) is -2.52. The average molecular weight is 197 g/mol. The van der Waals surface area contributed by atoms with E-state index in [0.29, 0.717) is 16.7 Å². The second-order valence-electron chi connectivity index (χ2n) is 3.36. The molecule has 1 aliphatic rings. The molecule has 0 unspecified atom stereocenters. The minimum Gasteiger partial charge on any atom is -0.348 e. The minimum absolute atomic E-state index is 0.0293. The maximum absolute atomic E-state index is 12.6. The fourth-order valence-corrected chi connectivity index (χ4v) is 1.70. The molecule has 0 spiro atoms. The van der Waals surface area contributed by atoms with Crippen LogP contribution in [0.4, 0.5) is 8.78 Å². The molecule has 0 bridgehead atoms. The van der Waals surface area contributed by atoms with Gasteiger partial charge in [0.2, 0.25) is 0 Å². The third kappa shape index (κ3) is 1.27. The van der Waals surface area contributed by atoms with Crippen molar-refractivity contribution in [3.8, 4) is 0 Å². The topological polar surface area (TPSA) is 29.1 Å². The second-order valence-corrected chi connectivity index (χ2v) is 3.36. The van der Waals surface area contributed by atoms with Gasteiger partial charge in [-0.05, 0) is 24.1 Å². The van der Waals surface area contributed by atoms with Gasteiger partial charge in [0.1, 0.15) is 0 Å². The van der Waals surface area contributed by atoms with Crippen LogP contribution in [0.25, 0.3) is 0 Å². The van der Waals surface area contributed by atoms with Crippen molar-refractivity contribution in [2.45, 2.75) is 19.9 Å². The fourth-order valence-electron chi connectivity index (χ4n) is 1.70. The summed E-state index contributed by atoms with van der Waals surface area (Å²) in [5.74, 6) is -0.259. The Balaban J connectivity index is 2.63. The van der Waals surface area contributed by atoms with Gasteiger partial charge >= 0.3 is 0 Å². The molecular weight excluding hydrogens is 188 g/mol. The van der Waals surface area contributed by atoms with Crippen molar-refractivity contribution >= 4 is 5.91 Å². The van der Waals surface area contributed by atoms with Gasteiger partial charge in [-0.15, -0.1) is 0 Å². The number of aryl methyl sites for hydroxylation is 1. The number of halogens is 2. The van der Waals surface area contributed by atoms with E-state index in [1.165, 1.54) is 6.07 Å². The van der Waals surface area contributed by atoms with Crippen molar-refractivity contribution in [1.82, 2.24) is 5.32 Å². The van der Waals surface area contributed by atoms with Gasteiger partial charge in [0.05, 0.1) is 0 Å². The highest BCUT2D eigenvalue weighted by atomic mass is 19.3. The standard InChI is InChI=1S/C10H9F2NO/c1-5-2-6(9(11)12)8-4-13-10(14)7(8)3-5/h2-3,9H,4H2,1H3,(H,13,14). The Morgan fingerprint density at radius 3 is 2.79 bits per heavy atom. The van der Waals surface area contributed by atoms with E-state index in [2.05, 4.69) is 5.32 Å². The Kier molecular flexibility index (Phi) is 1.98. The molecule has 1 heterocycles. The van der Waals surface area contributed by atoms with Gasteiger partial charge in [0, 0.05) is 17.7 Å². The summed E-state index contributed by atoms with van der Waals surface area (Å²) in [5.41, 5.74) is 1.49. The van der Waals surface area contributed by atoms with E-state index in [1.54, 1.807) is 13.0 Å². The SMILES string of the molecule is Cc1cc2c(c(C(F)F)c1)CNC2=O. The van der Waals surface area contributed by atoms with Crippen LogP contribution in [0.5, 0.6) is 0 Å². The summed E-state index contributed by atoms with van der Waals surface area (Å²) >= 11 is 0. The van der Waals surface area contributed by atoms with E-state index in [4.69, 9.17) is 0 Å². The smallest absolute Gasteiger partial charge is 0.264 e. The second kappa shape index (κ2) is 3.04. The maximum Gasteiger partial charge on any atom is 0.264 e. The number of benzene rings is 1. The summed E-state index contributed by atoms with van der Waals surface area (Å²) in [6.45, 7) is 1.92. The first kappa shape index (κ1) is 9.12. The average Bonchev–Trinajstić information content (AvgIpc) is 2.47. The fraction of sp³-hybridized carbons (Fsp3) is 0.300. The highest BCUT2D eigenvalue weighted by Gasteiger charge is 2.25. The number of fused-ring (bicyclic) bond motifs is 1. The molecule has 1 aliphatic heterocycles. The number of hydrogen-bond acceptors (Lipinski definition) is 1. The van der Waals surface area contributed by atoms with E-state index >= 15 is 0 Å². The van der Waals surface area contributed by atoms with Crippen LogP contribution in [0.15, 0.2) is 12.1 Å². The van der Waals surface area contributed by atoms with Crippen molar-refractivity contribution in [2.75, 3.05) is 0 Å². The normalized spacial score (nSPS) is 14.4. The summed E-state index contributed by atoms with van der Waals surface area (Å²) in [6, 6.07) is 3.08. The van der Waals surface area contributed by atoms with Crippen LogP contribution in [0.3, 0.4) is 0 Å². The van der Waals surface area contributed by atoms with Crippen LogP contribution < -0.4 is 5.32 Å². The lowest BCUT2D eigenvalue weighted by molar-refractivity contribution is 0.0965. The predicted molar refractivity (Wildman–Crippen MR) is 47.3 cm³/mol. The first-order valence-electron chi connectivity index (χ1n) is 4.29. The van der Waals surface area contributed by atoms with E-state index < -0.39 is 6.43 Å². The Labute approximate surface area is 79.9 Å². The van der Waals surface area contributed by atoms with Gasteiger partial charge in [-0.25, -0.2) is 8.78 Å². The molecule has 2 nitrogen and oxygen atoms in total. The number of amides is 1. The summed E-state index contributed by atoms with van der Waals surface area (Å²) in [5, 5.41) is 2.54. The van der Waals surface area contributed by atoms with Crippen LogP contribution in [0.1, 0.15) is 33.5 Å². The molecule has 4 heteroatoms. The molecule has 14 heavy (non-hydrogen) atoms. The van der Waals surface area contributed by atoms with Gasteiger partial charge in [-0.2, -0.15) is 0 Å². The Morgan fingerprint density at radius 2 is 2.14 bits per heavy atom. The summed E-state index contributed by atoms with van der Waals surface area (Å²) in [7, 11) is 0. The minimum atomic E-state index is -2.52. The molecular formula is C10H9F2NO. The van der Waals surface area contributed by atoms with Gasteiger partial charge < -0.3 is 5.32 Å². The molecule has 2 rings (SSSR count). The number of carbonyl (C=O) groups is 1. The quantitative estimate of drug-likeness (QED) is 0.734. The highest BCUT2D eigenvalue weighted by molar-refractivity contribution is 5.98. The Bertz CT molecular complexity index is 401. The van der Waals surface area contributed by atoms with Crippen LogP contribution in [-0.2, 0) is 6.54 Å². The van der Waals surface area contributed by atoms with Crippen LogP contribution in [0.2, 0.25) is 0 Å². The summed E-state index contributed by atoms with van der Waals surface area (Å²) in [4.78, 5) is 11.2. The van der Waals surface area contributed by atoms with E-state index in [1.807, 2.05) is 0 Å². The third-order valence-corrected chi connectivity index (χ3v) is 2.33. The molecule has 0 aliphatic carbocycles. The van der Waals surface area contributed by atoms with Gasteiger partial charge in [-0.1, -0.05) is 6.07 Å². The molecule has 1 amide bonds. The lowest BCUT2D eigenvalue weighted by Crippen LogP contribution is -2.12. The first-order chi connectivity index (χ1) is 6.59. The highest BCUT2D eigenvalue weighted by Crippen LogP contribution is 2.29. The van der Waals surface area contributed by atoms with Crippen molar-refractivity contribution in [3.63, 3.8) is 0 Å². The molecule has 0 aromatic heterocycles. The number of rotatable bonds is 1. The number of alkyl halides is 2. The lowest BCUT2D eigenvalue weighted by Gasteiger charge is -2.06. The Hall–Kier alpha value is -1.45. The Morgan fingerprint density at radius 1 is 1.43 bits per heavy atom. The molecule has 0 saturated heterocycles. The molecule has 0 fully saturated rings. The lowest BCUT2D eigenvalue weighted by atomic mass is 10.0. The zero-order valence-corrected chi connectivity index (χ0v) is 7.60. The number of hydrogen-bond donors (Lipinski definition) is 1. The molecule has 74 valence electrons. The molecule has 0 saturated carbocycles. The molecule has 1 aromatic carbocycles. The first-order valence-corrected chi connectivity index (χ1v) is 4.29. The summed E-state index contributed by atoms with van der Waals surface area (Å²) < 4.78 is 25.2. The van der Waals surface area contributed by atoms with Gasteiger partial charge in [0.25, 0.3) is 12.3 Å². The molecule has 0 radical (unpaired) electrons. The third-order valence-electron chi connectivity index (χ3n) is 2.33. The largest absolute Gasteiger partial charge is 0.348 e. The van der Waals surface area contributed by atoms with Crippen molar-refractivity contribution in [2.24, 2.45) is 0 Å². The van der Waals surface area contributed by atoms with Crippen molar-refractivity contribution < 1.29 is 13.6 Å². The van der Waals surface area contributed by atoms with E-state index in [9.17, 15) is 13.6 Å². The molecule has 1 aromatic rings. The van der Waals surface area contributed by atoms with Crippen molar-refractivity contribution in [1.29, 1.82) is 0 Å². The van der Waals surface area contributed by atoms with E-state index in [-0.39, 0.29) is 18.0 Å². The van der Waals surface area contributed by atoms with Crippen LogP contribution in [0, 0.1) is 6.92 Å². The van der Waals surface area contributed by atoms with Crippen LogP contribution in [-0.4, -0.2) is 5.91 Å².